The number of ketones is 2. The number of amides is 2. The molecule has 0 aromatic heterocycles. The Hall–Kier alpha value is -2.41. The molecule has 0 spiro atoms. The summed E-state index contributed by atoms with van der Waals surface area (Å²) in [6.07, 6.45) is 0.523. The molecule has 2 N–H and O–H groups in total. The summed E-state index contributed by atoms with van der Waals surface area (Å²) < 4.78 is 0. The Balaban J connectivity index is 0.000000546. The fourth-order valence-electron chi connectivity index (χ4n) is 2.09. The highest BCUT2D eigenvalue weighted by molar-refractivity contribution is 7.99. The van der Waals surface area contributed by atoms with Gasteiger partial charge in [0, 0.05) is 24.5 Å². The average molecular weight is 407 g/mol. The lowest BCUT2D eigenvalue weighted by Gasteiger charge is -2.13. The first kappa shape index (κ1) is 25.6. The molecule has 0 radical (unpaired) electrons. The van der Waals surface area contributed by atoms with Crippen LogP contribution >= 0.6 is 11.8 Å². The highest BCUT2D eigenvalue weighted by Gasteiger charge is 2.15. The lowest BCUT2D eigenvalue weighted by Crippen LogP contribution is -2.40. The molecule has 0 aliphatic heterocycles. The molecule has 0 aliphatic carbocycles. The van der Waals surface area contributed by atoms with Crippen molar-refractivity contribution in [3.63, 3.8) is 0 Å². The number of carbonyl (C=O) groups is 4. The zero-order chi connectivity index (χ0) is 21.7. The highest BCUT2D eigenvalue weighted by Crippen LogP contribution is 2.18. The lowest BCUT2D eigenvalue weighted by atomic mass is 10.1. The van der Waals surface area contributed by atoms with Gasteiger partial charge in [-0.2, -0.15) is 0 Å². The molecule has 0 bridgehead atoms. The van der Waals surface area contributed by atoms with E-state index in [0.29, 0.717) is 12.2 Å². The number of hydrogen-bond acceptors (Lipinski definition) is 5. The summed E-state index contributed by atoms with van der Waals surface area (Å²) in [5.41, 5.74) is 0.893. The van der Waals surface area contributed by atoms with E-state index in [1.54, 1.807) is 11.8 Å². The molecule has 2 atom stereocenters. The van der Waals surface area contributed by atoms with Gasteiger partial charge in [-0.1, -0.05) is 23.8 Å². The zero-order valence-corrected chi connectivity index (χ0v) is 18.0. The summed E-state index contributed by atoms with van der Waals surface area (Å²) in [4.78, 5) is 44.9. The first-order valence-electron chi connectivity index (χ1n) is 8.90. The van der Waals surface area contributed by atoms with Crippen molar-refractivity contribution in [3.8, 4) is 0 Å². The van der Waals surface area contributed by atoms with E-state index in [2.05, 4.69) is 17.2 Å². The molecule has 2 unspecified atom stereocenters. The SMILES string of the molecule is C=C(C)CC(NC(C)=O)C(C)=O.CC(=O)NC(CSc1ccccc1)C(C)=O. The summed E-state index contributed by atoms with van der Waals surface area (Å²) >= 11 is 1.56. The van der Waals surface area contributed by atoms with Crippen LogP contribution in [-0.2, 0) is 19.2 Å². The normalized spacial score (nSPS) is 11.9. The van der Waals surface area contributed by atoms with Gasteiger partial charge in [-0.05, 0) is 39.3 Å². The van der Waals surface area contributed by atoms with Crippen molar-refractivity contribution in [2.24, 2.45) is 0 Å². The fraction of sp³-hybridized carbons (Fsp3) is 0.429. The Morgan fingerprint density at radius 2 is 1.32 bits per heavy atom. The van der Waals surface area contributed by atoms with Crippen LogP contribution in [0, 0.1) is 0 Å². The smallest absolute Gasteiger partial charge is 0.217 e. The summed E-state index contributed by atoms with van der Waals surface area (Å²) in [6, 6.07) is 9.00. The Labute approximate surface area is 171 Å². The van der Waals surface area contributed by atoms with E-state index < -0.39 is 12.1 Å². The predicted molar refractivity (Wildman–Crippen MR) is 113 cm³/mol. The van der Waals surface area contributed by atoms with Crippen molar-refractivity contribution in [3.05, 3.63) is 42.5 Å². The molecule has 0 heterocycles. The largest absolute Gasteiger partial charge is 0.346 e. The van der Waals surface area contributed by atoms with E-state index in [-0.39, 0.29) is 23.4 Å². The summed E-state index contributed by atoms with van der Waals surface area (Å²) in [5.74, 6) is 0.163. The average Bonchev–Trinajstić information content (AvgIpc) is 2.58. The highest BCUT2D eigenvalue weighted by atomic mass is 32.2. The van der Waals surface area contributed by atoms with Gasteiger partial charge in [-0.3, -0.25) is 19.2 Å². The molecule has 7 heteroatoms. The van der Waals surface area contributed by atoms with Crippen LogP contribution in [0.15, 0.2) is 47.4 Å². The number of Topliss-reactive ketones (excluding diaryl/α,β-unsaturated/α-hetero) is 2. The molecule has 2 amide bonds. The molecular weight excluding hydrogens is 376 g/mol. The van der Waals surface area contributed by atoms with Gasteiger partial charge in [0.25, 0.3) is 0 Å². The molecule has 1 rings (SSSR count). The molecule has 1 aromatic rings. The van der Waals surface area contributed by atoms with Crippen LogP contribution < -0.4 is 10.6 Å². The first-order valence-corrected chi connectivity index (χ1v) is 9.88. The van der Waals surface area contributed by atoms with Crippen LogP contribution in [0.3, 0.4) is 0 Å². The van der Waals surface area contributed by atoms with Crippen molar-refractivity contribution >= 4 is 35.1 Å². The van der Waals surface area contributed by atoms with Crippen LogP contribution in [0.25, 0.3) is 0 Å². The van der Waals surface area contributed by atoms with E-state index in [9.17, 15) is 19.2 Å². The Kier molecular flexibility index (Phi) is 12.5. The molecule has 6 nitrogen and oxygen atoms in total. The number of carbonyl (C=O) groups excluding carboxylic acids is 4. The summed E-state index contributed by atoms with van der Waals surface area (Å²) in [5, 5.41) is 5.20. The van der Waals surface area contributed by atoms with Crippen molar-refractivity contribution in [1.29, 1.82) is 0 Å². The number of hydrogen-bond donors (Lipinski definition) is 2. The molecular formula is C21H30N2O4S. The molecule has 0 aliphatic rings. The van der Waals surface area contributed by atoms with Gasteiger partial charge in [-0.15, -0.1) is 18.3 Å². The molecule has 0 saturated carbocycles. The fourth-order valence-corrected chi connectivity index (χ4v) is 3.12. The maximum atomic E-state index is 11.3. The van der Waals surface area contributed by atoms with Gasteiger partial charge in [-0.25, -0.2) is 0 Å². The van der Waals surface area contributed by atoms with Gasteiger partial charge >= 0.3 is 0 Å². The van der Waals surface area contributed by atoms with Gasteiger partial charge in [0.15, 0.2) is 11.6 Å². The minimum Gasteiger partial charge on any atom is -0.346 e. The third-order valence-corrected chi connectivity index (χ3v) is 4.55. The Morgan fingerprint density at radius 1 is 0.857 bits per heavy atom. The van der Waals surface area contributed by atoms with Crippen LogP contribution in [0.2, 0.25) is 0 Å². The number of benzene rings is 1. The van der Waals surface area contributed by atoms with Gasteiger partial charge in [0.2, 0.25) is 11.8 Å². The third-order valence-electron chi connectivity index (χ3n) is 3.45. The van der Waals surface area contributed by atoms with Crippen molar-refractivity contribution < 1.29 is 19.2 Å². The summed E-state index contributed by atoms with van der Waals surface area (Å²) in [7, 11) is 0. The maximum absolute atomic E-state index is 11.3. The Bertz CT molecular complexity index is 673. The predicted octanol–water partition coefficient (Wildman–Crippen LogP) is 2.92. The van der Waals surface area contributed by atoms with E-state index in [1.807, 2.05) is 37.3 Å². The molecule has 0 saturated heterocycles. The minimum absolute atomic E-state index is 0.0152. The lowest BCUT2D eigenvalue weighted by molar-refractivity contribution is -0.125. The molecule has 0 fully saturated rings. The minimum atomic E-state index is -0.403. The quantitative estimate of drug-likeness (QED) is 0.486. The van der Waals surface area contributed by atoms with Crippen molar-refractivity contribution in [1.82, 2.24) is 10.6 Å². The van der Waals surface area contributed by atoms with Crippen LogP contribution in [0.4, 0.5) is 0 Å². The third kappa shape index (κ3) is 12.9. The van der Waals surface area contributed by atoms with E-state index in [4.69, 9.17) is 0 Å². The monoisotopic (exact) mass is 406 g/mol. The van der Waals surface area contributed by atoms with E-state index in [1.165, 1.54) is 27.7 Å². The van der Waals surface area contributed by atoms with Crippen LogP contribution in [-0.4, -0.2) is 41.2 Å². The maximum Gasteiger partial charge on any atom is 0.217 e. The van der Waals surface area contributed by atoms with Crippen molar-refractivity contribution in [2.75, 3.05) is 5.75 Å². The van der Waals surface area contributed by atoms with Crippen LogP contribution in [0.1, 0.15) is 41.0 Å². The number of thioether (sulfide) groups is 1. The molecule has 1 aromatic carbocycles. The second-order valence-corrected chi connectivity index (χ2v) is 7.61. The van der Waals surface area contributed by atoms with Crippen molar-refractivity contribution in [2.45, 2.75) is 58.0 Å². The Morgan fingerprint density at radius 3 is 1.71 bits per heavy atom. The zero-order valence-electron chi connectivity index (χ0n) is 17.2. The second kappa shape index (κ2) is 13.7. The van der Waals surface area contributed by atoms with E-state index >= 15 is 0 Å². The number of nitrogens with one attached hydrogen (secondary N) is 2. The molecule has 28 heavy (non-hydrogen) atoms. The first-order chi connectivity index (χ1) is 13.0. The standard InChI is InChI=1S/C12H15NO2S.C9H15NO2/c1-9(14)12(13-10(2)15)8-16-11-6-4-3-5-7-11;1-6(2)5-9(7(3)11)10-8(4)12/h3-7,12H,8H2,1-2H3,(H,13,15);9H,1,5H2,2-4H3,(H,10,12). The topological polar surface area (TPSA) is 92.3 Å². The van der Waals surface area contributed by atoms with Gasteiger partial charge in [0.05, 0.1) is 12.1 Å². The van der Waals surface area contributed by atoms with Gasteiger partial charge in [0.1, 0.15) is 0 Å². The second-order valence-electron chi connectivity index (χ2n) is 6.51. The van der Waals surface area contributed by atoms with E-state index in [0.717, 1.165) is 10.5 Å². The van der Waals surface area contributed by atoms with Gasteiger partial charge < -0.3 is 10.6 Å². The molecule has 154 valence electrons. The van der Waals surface area contributed by atoms with Crippen LogP contribution in [0.5, 0.6) is 0 Å². The number of rotatable bonds is 9. The summed E-state index contributed by atoms with van der Waals surface area (Å²) in [6.45, 7) is 11.3.